The lowest BCUT2D eigenvalue weighted by Crippen LogP contribution is -2.41. The number of amides is 1. The van der Waals surface area contributed by atoms with Gasteiger partial charge in [-0.25, -0.2) is 13.8 Å². The average molecular weight is 584 g/mol. The highest BCUT2D eigenvalue weighted by Crippen LogP contribution is 2.30. The van der Waals surface area contributed by atoms with Crippen molar-refractivity contribution in [3.63, 3.8) is 0 Å². The Labute approximate surface area is 226 Å². The molecule has 0 aliphatic carbocycles. The highest BCUT2D eigenvalue weighted by molar-refractivity contribution is 6.32. The van der Waals surface area contributed by atoms with Crippen LogP contribution in [0.15, 0.2) is 27.8 Å². The number of alkyl halides is 3. The minimum atomic E-state index is -5.00. The largest absolute Gasteiger partial charge is 0.481 e. The molecule has 218 valence electrons. The van der Waals surface area contributed by atoms with Crippen molar-refractivity contribution in [1.82, 2.24) is 14.5 Å². The summed E-state index contributed by atoms with van der Waals surface area (Å²) in [4.78, 5) is 47.1. The summed E-state index contributed by atoms with van der Waals surface area (Å²) in [6, 6.07) is 1.58. The molecule has 10 nitrogen and oxygen atoms in total. The van der Waals surface area contributed by atoms with Crippen LogP contribution in [0, 0.1) is 5.82 Å². The van der Waals surface area contributed by atoms with E-state index in [1.54, 1.807) is 0 Å². The van der Waals surface area contributed by atoms with Crippen LogP contribution in [-0.2, 0) is 27.5 Å². The van der Waals surface area contributed by atoms with Gasteiger partial charge in [-0.1, -0.05) is 25.4 Å². The first-order valence-electron chi connectivity index (χ1n) is 11.8. The van der Waals surface area contributed by atoms with Gasteiger partial charge in [-0.2, -0.15) is 13.2 Å². The van der Waals surface area contributed by atoms with Gasteiger partial charge in [0, 0.05) is 38.9 Å². The number of carbonyl (C=O) groups excluding carboxylic acids is 1. The van der Waals surface area contributed by atoms with Gasteiger partial charge in [-0.3, -0.25) is 19.0 Å². The lowest BCUT2D eigenvalue weighted by Gasteiger charge is -2.18. The number of carboxylic acids is 1. The van der Waals surface area contributed by atoms with E-state index in [-0.39, 0.29) is 38.9 Å². The van der Waals surface area contributed by atoms with Crippen LogP contribution in [-0.4, -0.2) is 52.0 Å². The number of carbonyl (C=O) groups is 2. The van der Waals surface area contributed by atoms with Gasteiger partial charge in [0.1, 0.15) is 17.3 Å². The van der Waals surface area contributed by atoms with Crippen LogP contribution in [0.2, 0.25) is 5.02 Å². The fraction of sp³-hybridized carbons (Fsp3) is 0.500. The van der Waals surface area contributed by atoms with E-state index in [0.717, 1.165) is 39.2 Å². The fourth-order valence-electron chi connectivity index (χ4n) is 2.97. The summed E-state index contributed by atoms with van der Waals surface area (Å²) >= 11 is 5.89. The van der Waals surface area contributed by atoms with Gasteiger partial charge in [-0.15, -0.1) is 0 Å². The molecule has 0 radical (unpaired) electrons. The quantitative estimate of drug-likeness (QED) is 0.306. The average Bonchev–Trinajstić information content (AvgIpc) is 2.83. The van der Waals surface area contributed by atoms with E-state index >= 15 is 0 Å². The van der Waals surface area contributed by atoms with Crippen molar-refractivity contribution < 1.29 is 41.7 Å². The molecule has 1 aromatic heterocycles. The minimum absolute atomic E-state index is 0.133. The number of aliphatic carboxylic acids is 1. The van der Waals surface area contributed by atoms with Crippen molar-refractivity contribution in [3.05, 3.63) is 55.6 Å². The second-order valence-electron chi connectivity index (χ2n) is 8.08. The highest BCUT2D eigenvalue weighted by atomic mass is 35.5. The molecule has 0 saturated carbocycles. The van der Waals surface area contributed by atoms with Crippen LogP contribution >= 0.6 is 11.6 Å². The van der Waals surface area contributed by atoms with E-state index in [4.69, 9.17) is 26.2 Å². The molecule has 2 rings (SSSR count). The molecule has 2 N–H and O–H groups in total. The van der Waals surface area contributed by atoms with Crippen LogP contribution in [0.4, 0.5) is 17.6 Å². The summed E-state index contributed by atoms with van der Waals surface area (Å²) in [5, 5.41) is 10.5. The molecular formula is C24H30ClF4N3O7. The van der Waals surface area contributed by atoms with E-state index in [9.17, 15) is 36.7 Å². The normalized spacial score (nSPS) is 11.8. The molecule has 1 unspecified atom stereocenters. The third-order valence-corrected chi connectivity index (χ3v) is 5.16. The van der Waals surface area contributed by atoms with Gasteiger partial charge in [0.25, 0.3) is 11.5 Å². The predicted molar refractivity (Wildman–Crippen MR) is 134 cm³/mol. The third-order valence-electron chi connectivity index (χ3n) is 4.86. The topological polar surface area (TPSA) is 129 Å². The van der Waals surface area contributed by atoms with Crippen molar-refractivity contribution in [2.24, 2.45) is 7.05 Å². The van der Waals surface area contributed by atoms with Crippen molar-refractivity contribution in [2.45, 2.75) is 52.3 Å². The Bertz CT molecular complexity index is 1260. The first-order chi connectivity index (χ1) is 18.1. The Morgan fingerprint density at radius 3 is 2.23 bits per heavy atom. The molecule has 1 heterocycles. The summed E-state index contributed by atoms with van der Waals surface area (Å²) in [7, 11) is 0.760. The van der Waals surface area contributed by atoms with E-state index in [0.29, 0.717) is 6.07 Å². The van der Waals surface area contributed by atoms with E-state index in [1.165, 1.54) is 6.92 Å². The third kappa shape index (κ3) is 10.0. The molecule has 2 aromatic rings. The number of halogens is 5. The number of benzene rings is 1. The zero-order valence-corrected chi connectivity index (χ0v) is 22.5. The molecule has 0 saturated heterocycles. The van der Waals surface area contributed by atoms with Crippen LogP contribution < -0.4 is 21.3 Å². The SMILES string of the molecule is CC(Oc1cc(-n2c(=O)cc(C(F)(F)F)n(C)c2=O)c(F)cc1Cl)C(=O)NCCC(=O)O.CCCOCCC. The van der Waals surface area contributed by atoms with Gasteiger partial charge < -0.3 is 19.9 Å². The van der Waals surface area contributed by atoms with Crippen LogP contribution in [0.1, 0.15) is 45.7 Å². The van der Waals surface area contributed by atoms with Gasteiger partial charge >= 0.3 is 17.8 Å². The summed E-state index contributed by atoms with van der Waals surface area (Å²) < 4.78 is 64.2. The van der Waals surface area contributed by atoms with Crippen molar-refractivity contribution in [1.29, 1.82) is 0 Å². The van der Waals surface area contributed by atoms with Crippen molar-refractivity contribution in [2.75, 3.05) is 19.8 Å². The lowest BCUT2D eigenvalue weighted by atomic mass is 10.2. The Morgan fingerprint density at radius 2 is 1.72 bits per heavy atom. The predicted octanol–water partition coefficient (Wildman–Crippen LogP) is 3.53. The van der Waals surface area contributed by atoms with Gasteiger partial charge in [0.05, 0.1) is 17.1 Å². The van der Waals surface area contributed by atoms with Crippen molar-refractivity contribution in [3.8, 4) is 11.4 Å². The second-order valence-corrected chi connectivity index (χ2v) is 8.49. The number of rotatable bonds is 11. The molecule has 0 aliphatic rings. The Morgan fingerprint density at radius 1 is 1.13 bits per heavy atom. The zero-order valence-electron chi connectivity index (χ0n) is 21.7. The first-order valence-corrected chi connectivity index (χ1v) is 12.2. The summed E-state index contributed by atoms with van der Waals surface area (Å²) in [5.74, 6) is -3.44. The molecule has 1 atom stereocenters. The maximum absolute atomic E-state index is 14.5. The molecule has 0 spiro atoms. The lowest BCUT2D eigenvalue weighted by molar-refractivity contribution is -0.144. The zero-order chi connectivity index (χ0) is 29.9. The highest BCUT2D eigenvalue weighted by Gasteiger charge is 2.35. The number of aromatic nitrogens is 2. The molecule has 0 fully saturated rings. The summed E-state index contributed by atoms with van der Waals surface area (Å²) in [6.07, 6.45) is -4.32. The first kappa shape index (κ1) is 33.6. The van der Waals surface area contributed by atoms with Gasteiger partial charge in [-0.05, 0) is 25.8 Å². The minimum Gasteiger partial charge on any atom is -0.481 e. The number of nitrogens with zero attached hydrogens (tertiary/aromatic N) is 2. The summed E-state index contributed by atoms with van der Waals surface area (Å²) in [5.41, 5.74) is -5.20. The van der Waals surface area contributed by atoms with Crippen LogP contribution in [0.5, 0.6) is 5.75 Å². The Balaban J connectivity index is 0.000000956. The monoisotopic (exact) mass is 583 g/mol. The van der Waals surface area contributed by atoms with E-state index in [1.807, 2.05) is 0 Å². The number of hydrogen-bond donors (Lipinski definition) is 2. The molecule has 39 heavy (non-hydrogen) atoms. The maximum Gasteiger partial charge on any atom is 0.431 e. The second kappa shape index (κ2) is 15.3. The Kier molecular flexibility index (Phi) is 13.2. The number of carboxylic acid groups (broad SMARTS) is 1. The van der Waals surface area contributed by atoms with Gasteiger partial charge in [0.2, 0.25) is 0 Å². The van der Waals surface area contributed by atoms with Crippen molar-refractivity contribution >= 4 is 23.5 Å². The number of ether oxygens (including phenoxy) is 2. The smallest absolute Gasteiger partial charge is 0.431 e. The molecular weight excluding hydrogens is 554 g/mol. The molecule has 0 aliphatic heterocycles. The molecule has 0 bridgehead atoms. The standard InChI is InChI=1S/C18H16ClF4N3O6.C6H14O/c1-8(16(30)24-4-3-15(28)29)32-12-6-11(10(20)5-9(12)19)26-14(27)7-13(18(21,22)23)25(2)17(26)31;1-3-5-7-6-4-2/h5-8H,3-4H2,1-2H3,(H,24,30)(H,28,29);3-6H2,1-2H3. The summed E-state index contributed by atoms with van der Waals surface area (Å²) in [6.45, 7) is 7.16. The van der Waals surface area contributed by atoms with E-state index < -0.39 is 52.6 Å². The maximum atomic E-state index is 14.5. The van der Waals surface area contributed by atoms with E-state index in [2.05, 4.69) is 19.2 Å². The molecule has 1 aromatic carbocycles. The fourth-order valence-corrected chi connectivity index (χ4v) is 3.17. The van der Waals surface area contributed by atoms with Crippen LogP contribution in [0.25, 0.3) is 5.69 Å². The van der Waals surface area contributed by atoms with Gasteiger partial charge in [0.15, 0.2) is 6.10 Å². The number of hydrogen-bond acceptors (Lipinski definition) is 6. The number of nitrogens with one attached hydrogen (secondary N) is 1. The molecule has 1 amide bonds. The Hall–Kier alpha value is -3.39. The van der Waals surface area contributed by atoms with Crippen LogP contribution in [0.3, 0.4) is 0 Å². The molecule has 15 heteroatoms.